The minimum absolute atomic E-state index is 0.0637. The second-order valence-corrected chi connectivity index (χ2v) is 3.83. The quantitative estimate of drug-likeness (QED) is 0.856. The molecule has 0 aliphatic carbocycles. The first-order valence-electron chi connectivity index (χ1n) is 4.38. The van der Waals surface area contributed by atoms with Crippen LogP contribution in [0.15, 0.2) is 22.8 Å². The molecule has 0 unspecified atom stereocenters. The Morgan fingerprint density at radius 3 is 3.00 bits per heavy atom. The lowest BCUT2D eigenvalue weighted by Crippen LogP contribution is -2.16. The summed E-state index contributed by atoms with van der Waals surface area (Å²) in [5, 5.41) is 15.6. The Bertz CT molecular complexity index is 468. The summed E-state index contributed by atoms with van der Waals surface area (Å²) in [5.74, 6) is 0.586. The number of nitrogens with one attached hydrogen (secondary N) is 2. The van der Waals surface area contributed by atoms with E-state index in [1.807, 2.05) is 0 Å². The average molecular weight is 283 g/mol. The van der Waals surface area contributed by atoms with Crippen molar-refractivity contribution in [3.05, 3.63) is 28.6 Å². The van der Waals surface area contributed by atoms with Crippen molar-refractivity contribution in [2.24, 2.45) is 0 Å². The predicted molar refractivity (Wildman–Crippen MR) is 58.4 cm³/mol. The van der Waals surface area contributed by atoms with Crippen molar-refractivity contribution in [2.75, 3.05) is 5.32 Å². The Labute approximate surface area is 98.8 Å². The molecule has 16 heavy (non-hydrogen) atoms. The molecular formula is C8H7BrN6O. The highest BCUT2D eigenvalue weighted by atomic mass is 79.9. The van der Waals surface area contributed by atoms with Crippen LogP contribution >= 0.6 is 15.9 Å². The van der Waals surface area contributed by atoms with Crippen LogP contribution in [0.2, 0.25) is 0 Å². The molecule has 2 aromatic rings. The third kappa shape index (κ3) is 2.83. The van der Waals surface area contributed by atoms with E-state index in [0.29, 0.717) is 11.6 Å². The van der Waals surface area contributed by atoms with Crippen molar-refractivity contribution in [3.63, 3.8) is 0 Å². The van der Waals surface area contributed by atoms with Gasteiger partial charge in [-0.15, -0.1) is 10.2 Å². The highest BCUT2D eigenvalue weighted by molar-refractivity contribution is 9.10. The van der Waals surface area contributed by atoms with Crippen molar-refractivity contribution in [2.45, 2.75) is 6.42 Å². The molecule has 0 aliphatic rings. The summed E-state index contributed by atoms with van der Waals surface area (Å²) < 4.78 is 0.851. The summed E-state index contributed by atoms with van der Waals surface area (Å²) in [6.07, 6.45) is 1.66. The topological polar surface area (TPSA) is 96.5 Å². The van der Waals surface area contributed by atoms with Gasteiger partial charge in [0.05, 0.1) is 6.42 Å². The van der Waals surface area contributed by atoms with Crippen LogP contribution in [-0.4, -0.2) is 31.5 Å². The van der Waals surface area contributed by atoms with Gasteiger partial charge in [-0.2, -0.15) is 5.21 Å². The minimum Gasteiger partial charge on any atom is -0.310 e. The number of anilines is 1. The van der Waals surface area contributed by atoms with Crippen LogP contribution < -0.4 is 5.32 Å². The summed E-state index contributed by atoms with van der Waals surface area (Å²) in [6, 6.07) is 3.48. The number of H-pyrrole nitrogens is 1. The number of aromatic nitrogens is 5. The molecule has 7 nitrogen and oxygen atoms in total. The molecule has 82 valence electrons. The van der Waals surface area contributed by atoms with E-state index >= 15 is 0 Å². The van der Waals surface area contributed by atoms with Gasteiger partial charge in [0.1, 0.15) is 5.82 Å². The van der Waals surface area contributed by atoms with E-state index in [4.69, 9.17) is 0 Å². The van der Waals surface area contributed by atoms with E-state index in [9.17, 15) is 4.79 Å². The molecule has 0 aromatic carbocycles. The number of carbonyl (C=O) groups is 1. The van der Waals surface area contributed by atoms with E-state index < -0.39 is 0 Å². The Morgan fingerprint density at radius 2 is 2.38 bits per heavy atom. The highest BCUT2D eigenvalue weighted by Gasteiger charge is 2.07. The SMILES string of the molecule is O=C(Cc1nn[nH]n1)Nc1ccc(Br)cn1. The number of nitrogens with zero attached hydrogens (tertiary/aromatic N) is 4. The van der Waals surface area contributed by atoms with Crippen molar-refractivity contribution < 1.29 is 4.79 Å². The first-order valence-corrected chi connectivity index (χ1v) is 5.17. The number of pyridine rings is 1. The largest absolute Gasteiger partial charge is 0.310 e. The molecule has 0 radical (unpaired) electrons. The van der Waals surface area contributed by atoms with Crippen molar-refractivity contribution >= 4 is 27.7 Å². The van der Waals surface area contributed by atoms with Gasteiger partial charge in [-0.25, -0.2) is 4.98 Å². The third-order valence-electron chi connectivity index (χ3n) is 1.70. The van der Waals surface area contributed by atoms with Crippen LogP contribution in [0.4, 0.5) is 5.82 Å². The molecule has 0 aliphatic heterocycles. The maximum atomic E-state index is 11.5. The number of hydrogen-bond acceptors (Lipinski definition) is 5. The number of hydrogen-bond donors (Lipinski definition) is 2. The average Bonchev–Trinajstić information content (AvgIpc) is 2.74. The van der Waals surface area contributed by atoms with E-state index in [1.165, 1.54) is 0 Å². The number of tetrazole rings is 1. The molecule has 2 rings (SSSR count). The molecule has 0 atom stereocenters. The lowest BCUT2D eigenvalue weighted by atomic mass is 10.4. The number of amides is 1. The molecule has 2 heterocycles. The minimum atomic E-state index is -0.240. The van der Waals surface area contributed by atoms with Crippen molar-refractivity contribution in [3.8, 4) is 0 Å². The van der Waals surface area contributed by atoms with Crippen LogP contribution in [0.1, 0.15) is 5.82 Å². The molecule has 8 heteroatoms. The predicted octanol–water partition coefficient (Wildman–Crippen LogP) is 0.538. The number of rotatable bonds is 3. The normalized spacial score (nSPS) is 10.1. The fraction of sp³-hybridized carbons (Fsp3) is 0.125. The molecule has 0 spiro atoms. The maximum Gasteiger partial charge on any atom is 0.233 e. The second kappa shape index (κ2) is 4.79. The molecule has 0 saturated heterocycles. The Hall–Kier alpha value is -1.83. The van der Waals surface area contributed by atoms with Gasteiger partial charge in [-0.05, 0) is 28.1 Å². The third-order valence-corrected chi connectivity index (χ3v) is 2.17. The molecule has 2 aromatic heterocycles. The molecule has 0 saturated carbocycles. The van der Waals surface area contributed by atoms with Gasteiger partial charge in [-0.3, -0.25) is 4.79 Å². The van der Waals surface area contributed by atoms with Crippen molar-refractivity contribution in [1.29, 1.82) is 0 Å². The zero-order chi connectivity index (χ0) is 11.4. The maximum absolute atomic E-state index is 11.5. The standard InChI is InChI=1S/C8H7BrN6O/c9-5-1-2-6(10-4-5)11-8(16)3-7-12-14-15-13-7/h1-2,4H,3H2,(H,10,11,16)(H,12,13,14,15). The van der Waals surface area contributed by atoms with Gasteiger partial charge in [-0.1, -0.05) is 5.21 Å². The summed E-state index contributed by atoms with van der Waals surface area (Å²) in [5.41, 5.74) is 0. The summed E-state index contributed by atoms with van der Waals surface area (Å²) >= 11 is 3.25. The first-order chi connectivity index (χ1) is 7.74. The number of carbonyl (C=O) groups excluding carboxylic acids is 1. The molecule has 1 amide bonds. The lowest BCUT2D eigenvalue weighted by Gasteiger charge is -2.01. The molecule has 2 N–H and O–H groups in total. The molecule has 0 bridgehead atoms. The smallest absolute Gasteiger partial charge is 0.233 e. The Kier molecular flexibility index (Phi) is 3.20. The van der Waals surface area contributed by atoms with Gasteiger partial charge in [0, 0.05) is 10.7 Å². The van der Waals surface area contributed by atoms with E-state index in [1.54, 1.807) is 18.3 Å². The van der Waals surface area contributed by atoms with E-state index in [2.05, 4.69) is 46.9 Å². The molecule has 0 fully saturated rings. The Morgan fingerprint density at radius 1 is 1.50 bits per heavy atom. The van der Waals surface area contributed by atoms with Gasteiger partial charge in [0.2, 0.25) is 5.91 Å². The zero-order valence-corrected chi connectivity index (χ0v) is 9.60. The first kappa shape index (κ1) is 10.7. The van der Waals surface area contributed by atoms with Gasteiger partial charge in [0.15, 0.2) is 5.82 Å². The van der Waals surface area contributed by atoms with Crippen LogP contribution in [0.25, 0.3) is 0 Å². The summed E-state index contributed by atoms with van der Waals surface area (Å²) in [7, 11) is 0. The highest BCUT2D eigenvalue weighted by Crippen LogP contribution is 2.10. The lowest BCUT2D eigenvalue weighted by molar-refractivity contribution is -0.115. The Balaban J connectivity index is 1.95. The van der Waals surface area contributed by atoms with Crippen LogP contribution in [0, 0.1) is 0 Å². The van der Waals surface area contributed by atoms with E-state index in [0.717, 1.165) is 4.47 Å². The van der Waals surface area contributed by atoms with Crippen molar-refractivity contribution in [1.82, 2.24) is 25.6 Å². The van der Waals surface area contributed by atoms with Gasteiger partial charge >= 0.3 is 0 Å². The fourth-order valence-electron chi connectivity index (χ4n) is 1.04. The van der Waals surface area contributed by atoms with Gasteiger partial charge in [0.25, 0.3) is 0 Å². The van der Waals surface area contributed by atoms with Crippen LogP contribution in [0.5, 0.6) is 0 Å². The van der Waals surface area contributed by atoms with Crippen LogP contribution in [0.3, 0.4) is 0 Å². The second-order valence-electron chi connectivity index (χ2n) is 2.91. The summed E-state index contributed by atoms with van der Waals surface area (Å²) in [4.78, 5) is 15.5. The number of aromatic amines is 1. The van der Waals surface area contributed by atoms with Crippen LogP contribution in [-0.2, 0) is 11.2 Å². The zero-order valence-electron chi connectivity index (χ0n) is 8.01. The van der Waals surface area contributed by atoms with E-state index in [-0.39, 0.29) is 12.3 Å². The fourth-order valence-corrected chi connectivity index (χ4v) is 1.27. The molecular weight excluding hydrogens is 276 g/mol. The number of halogens is 1. The monoisotopic (exact) mass is 282 g/mol. The summed E-state index contributed by atoms with van der Waals surface area (Å²) in [6.45, 7) is 0. The van der Waals surface area contributed by atoms with Gasteiger partial charge < -0.3 is 5.32 Å².